The number of aromatic nitrogens is 1. The number of methoxy groups -OCH3 is 2. The van der Waals surface area contributed by atoms with Crippen LogP contribution >= 0.6 is 23.2 Å². The second-order valence-corrected chi connectivity index (χ2v) is 10.3. The Morgan fingerprint density at radius 3 is 1.95 bits per heavy atom. The van der Waals surface area contributed by atoms with Crippen LogP contribution in [-0.4, -0.2) is 66.6 Å². The molecule has 0 spiro atoms. The van der Waals surface area contributed by atoms with Crippen LogP contribution in [0.2, 0.25) is 10.0 Å². The summed E-state index contributed by atoms with van der Waals surface area (Å²) < 4.78 is 13.0. The molecule has 1 aliphatic rings. The van der Waals surface area contributed by atoms with E-state index in [-0.39, 0.29) is 11.8 Å². The van der Waals surface area contributed by atoms with Gasteiger partial charge < -0.3 is 23.8 Å². The number of hydrogen-bond donors (Lipinski definition) is 0. The van der Waals surface area contributed by atoms with E-state index in [0.29, 0.717) is 58.9 Å². The molecule has 3 aromatic carbocycles. The molecule has 0 N–H and O–H groups in total. The molecule has 1 aromatic heterocycles. The van der Waals surface area contributed by atoms with Crippen LogP contribution in [0.15, 0.2) is 72.8 Å². The summed E-state index contributed by atoms with van der Waals surface area (Å²) in [5.74, 6) is 0.976. The Morgan fingerprint density at radius 2 is 1.35 bits per heavy atom. The molecule has 2 heterocycles. The first-order valence-electron chi connectivity index (χ1n) is 12.9. The molecule has 40 heavy (non-hydrogen) atoms. The second-order valence-electron chi connectivity index (χ2n) is 9.48. The third-order valence-corrected chi connectivity index (χ3v) is 7.74. The zero-order chi connectivity index (χ0) is 28.4. The number of hydrogen-bond acceptors (Lipinski definition) is 4. The zero-order valence-electron chi connectivity index (χ0n) is 22.5. The number of ether oxygens (including phenoxy) is 2. The fraction of sp³-hybridized carbons (Fsp3) is 0.226. The Morgan fingerprint density at radius 1 is 0.725 bits per heavy atom. The normalized spacial score (nSPS) is 13.3. The zero-order valence-corrected chi connectivity index (χ0v) is 24.0. The molecule has 206 valence electrons. The Labute approximate surface area is 243 Å². The molecule has 0 aliphatic carbocycles. The summed E-state index contributed by atoms with van der Waals surface area (Å²) in [5.41, 5.74) is 4.54. The maximum atomic E-state index is 13.8. The Hall–Kier alpha value is -3.94. The first-order valence-corrected chi connectivity index (χ1v) is 13.6. The van der Waals surface area contributed by atoms with E-state index in [9.17, 15) is 9.59 Å². The topological polar surface area (TPSA) is 64.0 Å². The van der Waals surface area contributed by atoms with Gasteiger partial charge >= 0.3 is 0 Å². The van der Waals surface area contributed by atoms with E-state index >= 15 is 0 Å². The minimum Gasteiger partial charge on any atom is -0.493 e. The van der Waals surface area contributed by atoms with Gasteiger partial charge in [0.05, 0.1) is 36.1 Å². The molecule has 0 saturated carbocycles. The third kappa shape index (κ3) is 5.27. The summed E-state index contributed by atoms with van der Waals surface area (Å²) in [7, 11) is 3.20. The summed E-state index contributed by atoms with van der Waals surface area (Å²) in [5, 5.41) is 0.791. The predicted molar refractivity (Wildman–Crippen MR) is 157 cm³/mol. The summed E-state index contributed by atoms with van der Waals surface area (Å²) in [6, 6.07) is 22.4. The van der Waals surface area contributed by atoms with Crippen molar-refractivity contribution < 1.29 is 19.1 Å². The number of piperazine rings is 1. The van der Waals surface area contributed by atoms with Gasteiger partial charge in [0.2, 0.25) is 0 Å². The quantitative estimate of drug-likeness (QED) is 0.267. The highest BCUT2D eigenvalue weighted by Gasteiger charge is 2.29. The van der Waals surface area contributed by atoms with Crippen LogP contribution in [-0.2, 0) is 0 Å². The van der Waals surface area contributed by atoms with Crippen LogP contribution in [0.5, 0.6) is 11.5 Å². The lowest BCUT2D eigenvalue weighted by Crippen LogP contribution is -2.50. The van der Waals surface area contributed by atoms with Gasteiger partial charge in [0.15, 0.2) is 11.5 Å². The van der Waals surface area contributed by atoms with Gasteiger partial charge in [-0.3, -0.25) is 9.59 Å². The van der Waals surface area contributed by atoms with Gasteiger partial charge in [-0.25, -0.2) is 0 Å². The average molecular weight is 578 g/mol. The van der Waals surface area contributed by atoms with E-state index in [4.69, 9.17) is 32.7 Å². The van der Waals surface area contributed by atoms with E-state index in [1.165, 1.54) is 0 Å². The predicted octanol–water partition coefficient (Wildman–Crippen LogP) is 6.37. The highest BCUT2D eigenvalue weighted by atomic mass is 35.5. The van der Waals surface area contributed by atoms with Crippen LogP contribution in [0.4, 0.5) is 0 Å². The fourth-order valence-corrected chi connectivity index (χ4v) is 5.55. The van der Waals surface area contributed by atoms with Gasteiger partial charge in [0, 0.05) is 48.6 Å². The van der Waals surface area contributed by atoms with Crippen molar-refractivity contribution in [3.63, 3.8) is 0 Å². The number of benzene rings is 3. The maximum Gasteiger partial charge on any atom is 0.255 e. The van der Waals surface area contributed by atoms with Gasteiger partial charge in [-0.15, -0.1) is 0 Å². The van der Waals surface area contributed by atoms with Crippen molar-refractivity contribution in [2.75, 3.05) is 40.4 Å². The molecule has 0 atom stereocenters. The van der Waals surface area contributed by atoms with Crippen molar-refractivity contribution in [1.82, 2.24) is 14.4 Å². The second kappa shape index (κ2) is 11.7. The number of rotatable bonds is 6. The van der Waals surface area contributed by atoms with Crippen molar-refractivity contribution >= 4 is 35.0 Å². The van der Waals surface area contributed by atoms with Crippen molar-refractivity contribution in [2.24, 2.45) is 0 Å². The molecule has 1 aliphatic heterocycles. The minimum absolute atomic E-state index is 0.0782. The molecule has 9 heteroatoms. The summed E-state index contributed by atoms with van der Waals surface area (Å²) in [4.78, 5) is 30.4. The summed E-state index contributed by atoms with van der Waals surface area (Å²) in [6.45, 7) is 3.59. The van der Waals surface area contributed by atoms with Crippen LogP contribution in [0, 0.1) is 6.92 Å². The SMILES string of the molecule is COc1ccc(-n2c(-c3ccccc3)cc(C(=O)N3CCN(C(=O)c4ccc(Cl)cc4Cl)CC3)c2C)cc1OC. The number of carbonyl (C=O) groups is 2. The van der Waals surface area contributed by atoms with E-state index in [0.717, 1.165) is 22.6 Å². The van der Waals surface area contributed by atoms with Crippen LogP contribution in [0.25, 0.3) is 16.9 Å². The molecule has 0 radical (unpaired) electrons. The van der Waals surface area contributed by atoms with E-state index in [1.54, 1.807) is 42.2 Å². The van der Waals surface area contributed by atoms with Crippen LogP contribution in [0.1, 0.15) is 26.4 Å². The summed E-state index contributed by atoms with van der Waals surface area (Å²) >= 11 is 12.2. The number of amides is 2. The Balaban J connectivity index is 1.43. The standard InChI is InChI=1S/C31H29Cl2N3O4/c1-20-25(31(38)35-15-13-34(14-16-35)30(37)24-11-9-22(32)17-26(24)33)19-27(21-7-5-4-6-8-21)36(20)23-10-12-28(39-2)29(18-23)40-3/h4-12,17-19H,13-16H2,1-3H3. The largest absolute Gasteiger partial charge is 0.493 e. The molecule has 5 rings (SSSR count). The summed E-state index contributed by atoms with van der Waals surface area (Å²) in [6.07, 6.45) is 0. The maximum absolute atomic E-state index is 13.8. The number of nitrogens with zero attached hydrogens (tertiary/aromatic N) is 3. The number of halogens is 2. The lowest BCUT2D eigenvalue weighted by molar-refractivity contribution is 0.0535. The van der Waals surface area contributed by atoms with Gasteiger partial charge in [-0.2, -0.15) is 0 Å². The fourth-order valence-electron chi connectivity index (χ4n) is 5.06. The molecular formula is C31H29Cl2N3O4. The lowest BCUT2D eigenvalue weighted by Gasteiger charge is -2.35. The van der Waals surface area contributed by atoms with Crippen LogP contribution < -0.4 is 9.47 Å². The minimum atomic E-state index is -0.170. The third-order valence-electron chi connectivity index (χ3n) is 7.19. The van der Waals surface area contributed by atoms with Crippen molar-refractivity contribution in [3.05, 3.63) is 99.7 Å². The molecule has 0 bridgehead atoms. The molecule has 1 fully saturated rings. The van der Waals surface area contributed by atoms with Gasteiger partial charge in [0.25, 0.3) is 11.8 Å². The first kappa shape index (κ1) is 27.6. The van der Waals surface area contributed by atoms with E-state index in [1.807, 2.05) is 61.5 Å². The highest BCUT2D eigenvalue weighted by molar-refractivity contribution is 6.36. The average Bonchev–Trinajstić information content (AvgIpc) is 3.33. The first-order chi connectivity index (χ1) is 19.3. The van der Waals surface area contributed by atoms with Crippen molar-refractivity contribution in [2.45, 2.75) is 6.92 Å². The van der Waals surface area contributed by atoms with Gasteiger partial charge in [-0.1, -0.05) is 53.5 Å². The highest BCUT2D eigenvalue weighted by Crippen LogP contribution is 2.35. The van der Waals surface area contributed by atoms with E-state index < -0.39 is 0 Å². The van der Waals surface area contributed by atoms with Gasteiger partial charge in [-0.05, 0) is 48.9 Å². The van der Waals surface area contributed by atoms with Crippen LogP contribution in [0.3, 0.4) is 0 Å². The molecule has 1 saturated heterocycles. The number of carbonyl (C=O) groups excluding carboxylic acids is 2. The monoisotopic (exact) mass is 577 g/mol. The van der Waals surface area contributed by atoms with Crippen molar-refractivity contribution in [1.29, 1.82) is 0 Å². The van der Waals surface area contributed by atoms with E-state index in [2.05, 4.69) is 4.57 Å². The lowest BCUT2D eigenvalue weighted by atomic mass is 10.1. The van der Waals surface area contributed by atoms with Crippen molar-refractivity contribution in [3.8, 4) is 28.4 Å². The molecule has 0 unspecified atom stereocenters. The van der Waals surface area contributed by atoms with Gasteiger partial charge in [0.1, 0.15) is 0 Å². The molecule has 4 aromatic rings. The Kier molecular flexibility index (Phi) is 8.05. The smallest absolute Gasteiger partial charge is 0.255 e. The molecule has 7 nitrogen and oxygen atoms in total. The molecular weight excluding hydrogens is 549 g/mol. The Bertz CT molecular complexity index is 1560. The molecule has 2 amide bonds.